The molecule has 0 radical (unpaired) electrons. The number of H-pyrrole nitrogens is 1. The molecule has 1 aliphatic carbocycles. The lowest BCUT2D eigenvalue weighted by Crippen LogP contribution is -2.30. The Morgan fingerprint density at radius 1 is 1.20 bits per heavy atom. The molecule has 0 unspecified atom stereocenters. The van der Waals surface area contributed by atoms with E-state index >= 15 is 0 Å². The first-order chi connectivity index (χ1) is 12.0. The van der Waals surface area contributed by atoms with Crippen LogP contribution in [0.3, 0.4) is 0 Å². The highest BCUT2D eigenvalue weighted by Crippen LogP contribution is 2.44. The second-order valence-electron chi connectivity index (χ2n) is 7.00. The summed E-state index contributed by atoms with van der Waals surface area (Å²) in [5.41, 5.74) is 5.21. The lowest BCUT2D eigenvalue weighted by molar-refractivity contribution is 0.103. The summed E-state index contributed by atoms with van der Waals surface area (Å²) in [6, 6.07) is 11.8. The van der Waals surface area contributed by atoms with Gasteiger partial charge < -0.3 is 9.72 Å². The van der Waals surface area contributed by atoms with Crippen molar-refractivity contribution in [3.05, 3.63) is 64.3 Å². The van der Waals surface area contributed by atoms with Crippen molar-refractivity contribution in [3.63, 3.8) is 0 Å². The van der Waals surface area contributed by atoms with E-state index < -0.39 is 0 Å². The van der Waals surface area contributed by atoms with Crippen LogP contribution in [-0.4, -0.2) is 24.6 Å². The molecule has 0 spiro atoms. The third-order valence-electron chi connectivity index (χ3n) is 5.15. The van der Waals surface area contributed by atoms with Crippen LogP contribution in [0.1, 0.15) is 46.6 Å². The number of carbonyl (C=O) groups excluding carboxylic acids is 1. The average Bonchev–Trinajstić information content (AvgIpc) is 3.00. The molecule has 3 aromatic rings. The number of nitrogens with zero attached hydrogens (tertiary/aromatic N) is 1. The zero-order chi connectivity index (χ0) is 17.8. The Morgan fingerprint density at radius 3 is 2.72 bits per heavy atom. The first-order valence-electron chi connectivity index (χ1n) is 8.28. The minimum absolute atomic E-state index is 0.0454. The monoisotopic (exact) mass is 332 g/mol. The van der Waals surface area contributed by atoms with Crippen LogP contribution in [-0.2, 0) is 12.0 Å². The summed E-state index contributed by atoms with van der Waals surface area (Å²) in [7, 11) is 1.62. The maximum atomic E-state index is 13.2. The number of hydrogen-bond acceptors (Lipinski definition) is 3. The van der Waals surface area contributed by atoms with Gasteiger partial charge in [0.2, 0.25) is 0 Å². The van der Waals surface area contributed by atoms with Gasteiger partial charge in [0.05, 0.1) is 19.2 Å². The zero-order valence-electron chi connectivity index (χ0n) is 14.6. The third kappa shape index (κ3) is 2.14. The van der Waals surface area contributed by atoms with E-state index in [1.807, 2.05) is 30.3 Å². The topological polar surface area (TPSA) is 54.4 Å². The van der Waals surface area contributed by atoms with Crippen LogP contribution in [0.5, 0.6) is 5.75 Å². The van der Waals surface area contributed by atoms with Gasteiger partial charge in [0.25, 0.3) is 0 Å². The number of ketones is 1. The van der Waals surface area contributed by atoms with E-state index in [4.69, 9.17) is 4.74 Å². The molecule has 0 bridgehead atoms. The molecule has 0 saturated heterocycles. The zero-order valence-corrected chi connectivity index (χ0v) is 14.6. The van der Waals surface area contributed by atoms with Crippen LogP contribution in [0.4, 0.5) is 0 Å². The molecule has 0 fully saturated rings. The van der Waals surface area contributed by atoms with Crippen molar-refractivity contribution in [2.24, 2.45) is 4.99 Å². The molecule has 1 aromatic heterocycles. The van der Waals surface area contributed by atoms with Gasteiger partial charge in [-0.25, -0.2) is 0 Å². The fraction of sp³-hybridized carbons (Fsp3) is 0.238. The second-order valence-corrected chi connectivity index (χ2v) is 7.00. The standard InChI is InChI=1S/C21H20N2O2/c1-21(2)16-8-6-13(25-4)10-15(16)19(24)18-14-7-5-12(11-22-3)9-17(14)23-20(18)21/h5-10,23H,3,11H2,1-2,4H3. The fourth-order valence-electron chi connectivity index (χ4n) is 3.83. The number of ether oxygens (including phenoxy) is 1. The molecule has 0 aliphatic heterocycles. The smallest absolute Gasteiger partial charge is 0.195 e. The Morgan fingerprint density at radius 2 is 2.00 bits per heavy atom. The molecule has 0 amide bonds. The molecule has 4 rings (SSSR count). The van der Waals surface area contributed by atoms with Gasteiger partial charge in [-0.15, -0.1) is 0 Å². The van der Waals surface area contributed by atoms with Gasteiger partial charge in [0.1, 0.15) is 5.75 Å². The van der Waals surface area contributed by atoms with Crippen molar-refractivity contribution in [2.75, 3.05) is 7.11 Å². The molecular weight excluding hydrogens is 312 g/mol. The summed E-state index contributed by atoms with van der Waals surface area (Å²) in [4.78, 5) is 20.7. The summed E-state index contributed by atoms with van der Waals surface area (Å²) in [5, 5.41) is 0.953. The second kappa shape index (κ2) is 5.31. The van der Waals surface area contributed by atoms with Crippen molar-refractivity contribution in [1.29, 1.82) is 0 Å². The number of fused-ring (bicyclic) bond motifs is 4. The number of aromatic nitrogens is 1. The largest absolute Gasteiger partial charge is 0.497 e. The van der Waals surface area contributed by atoms with Crippen LogP contribution in [0.15, 0.2) is 41.4 Å². The SMILES string of the molecule is C=NCc1ccc2c3c([nH]c2c1)C(C)(C)c1ccc(OC)cc1C3=O. The quantitative estimate of drug-likeness (QED) is 0.729. The number of carbonyl (C=O) groups is 1. The minimum Gasteiger partial charge on any atom is -0.497 e. The predicted molar refractivity (Wildman–Crippen MR) is 100 cm³/mol. The van der Waals surface area contributed by atoms with E-state index in [-0.39, 0.29) is 11.2 Å². The van der Waals surface area contributed by atoms with Crippen molar-refractivity contribution in [3.8, 4) is 5.75 Å². The Labute approximate surface area is 146 Å². The molecule has 4 heteroatoms. The van der Waals surface area contributed by atoms with Crippen LogP contribution in [0.25, 0.3) is 10.9 Å². The molecule has 2 aromatic carbocycles. The summed E-state index contributed by atoms with van der Waals surface area (Å²) < 4.78 is 5.32. The van der Waals surface area contributed by atoms with E-state index in [2.05, 4.69) is 36.6 Å². The highest BCUT2D eigenvalue weighted by atomic mass is 16.5. The molecule has 126 valence electrons. The van der Waals surface area contributed by atoms with E-state index in [1.165, 1.54) is 0 Å². The molecule has 1 aliphatic rings. The van der Waals surface area contributed by atoms with Gasteiger partial charge in [-0.2, -0.15) is 0 Å². The van der Waals surface area contributed by atoms with Crippen molar-refractivity contribution in [2.45, 2.75) is 25.8 Å². The number of aliphatic imine (C=N–C) groups is 1. The van der Waals surface area contributed by atoms with Crippen molar-refractivity contribution >= 4 is 23.4 Å². The molecule has 0 atom stereocenters. The lowest BCUT2D eigenvalue weighted by Gasteiger charge is -2.32. The van der Waals surface area contributed by atoms with Crippen molar-refractivity contribution in [1.82, 2.24) is 4.98 Å². The maximum Gasteiger partial charge on any atom is 0.195 e. The molecular formula is C21H20N2O2. The summed E-state index contributed by atoms with van der Waals surface area (Å²) >= 11 is 0. The first-order valence-corrected chi connectivity index (χ1v) is 8.28. The Hall–Kier alpha value is -2.88. The highest BCUT2D eigenvalue weighted by molar-refractivity contribution is 6.20. The van der Waals surface area contributed by atoms with Crippen LogP contribution >= 0.6 is 0 Å². The third-order valence-corrected chi connectivity index (χ3v) is 5.15. The Balaban J connectivity index is 2.00. The number of nitrogens with one attached hydrogen (secondary N) is 1. The van der Waals surface area contributed by atoms with E-state index in [1.54, 1.807) is 7.11 Å². The fourth-order valence-corrected chi connectivity index (χ4v) is 3.83. The summed E-state index contributed by atoms with van der Waals surface area (Å²) in [6.07, 6.45) is 0. The number of hydrogen-bond donors (Lipinski definition) is 1. The molecule has 4 nitrogen and oxygen atoms in total. The van der Waals surface area contributed by atoms with Gasteiger partial charge in [0.15, 0.2) is 5.78 Å². The van der Waals surface area contributed by atoms with Gasteiger partial charge in [-0.05, 0) is 36.0 Å². The number of benzene rings is 2. The van der Waals surface area contributed by atoms with Gasteiger partial charge in [0, 0.05) is 27.6 Å². The van der Waals surface area contributed by atoms with Crippen LogP contribution in [0, 0.1) is 0 Å². The predicted octanol–water partition coefficient (Wildman–Crippen LogP) is 4.25. The number of methoxy groups -OCH3 is 1. The minimum atomic E-state index is -0.291. The maximum absolute atomic E-state index is 13.2. The van der Waals surface area contributed by atoms with E-state index in [9.17, 15) is 4.79 Å². The van der Waals surface area contributed by atoms with Gasteiger partial charge in [-0.1, -0.05) is 32.0 Å². The lowest BCUT2D eigenvalue weighted by atomic mass is 9.71. The van der Waals surface area contributed by atoms with E-state index in [0.717, 1.165) is 38.9 Å². The average molecular weight is 332 g/mol. The number of aromatic amines is 1. The molecule has 1 heterocycles. The van der Waals surface area contributed by atoms with Gasteiger partial charge >= 0.3 is 0 Å². The molecule has 0 saturated carbocycles. The van der Waals surface area contributed by atoms with Gasteiger partial charge in [-0.3, -0.25) is 9.79 Å². The molecule has 1 N–H and O–H groups in total. The highest BCUT2D eigenvalue weighted by Gasteiger charge is 2.39. The first kappa shape index (κ1) is 15.6. The van der Waals surface area contributed by atoms with Crippen LogP contribution < -0.4 is 4.74 Å². The Kier molecular flexibility index (Phi) is 3.32. The Bertz CT molecular complexity index is 1030. The van der Waals surface area contributed by atoms with Crippen molar-refractivity contribution < 1.29 is 9.53 Å². The van der Waals surface area contributed by atoms with Crippen LogP contribution in [0.2, 0.25) is 0 Å². The summed E-state index contributed by atoms with van der Waals surface area (Å²) in [6.45, 7) is 8.41. The molecule has 25 heavy (non-hydrogen) atoms. The van der Waals surface area contributed by atoms with E-state index in [0.29, 0.717) is 12.3 Å². The normalized spacial score (nSPS) is 14.9. The number of rotatable bonds is 3. The summed E-state index contributed by atoms with van der Waals surface area (Å²) in [5.74, 6) is 0.745.